The Morgan fingerprint density at radius 3 is 2.92 bits per heavy atom. The van der Waals surface area contributed by atoms with Crippen LogP contribution in [0.3, 0.4) is 0 Å². The number of likely N-dealkylation sites (N-methyl/N-ethyl adjacent to an activating group) is 2. The molecule has 0 saturated carbocycles. The van der Waals surface area contributed by atoms with E-state index in [-0.39, 0.29) is 0 Å². The summed E-state index contributed by atoms with van der Waals surface area (Å²) in [6, 6.07) is 4.33. The molecule has 3 heterocycles. The van der Waals surface area contributed by atoms with E-state index in [0.29, 0.717) is 0 Å². The van der Waals surface area contributed by atoms with Gasteiger partial charge < -0.3 is 20.1 Å². The van der Waals surface area contributed by atoms with Crippen molar-refractivity contribution in [2.24, 2.45) is 5.92 Å². The van der Waals surface area contributed by atoms with Crippen molar-refractivity contribution in [1.82, 2.24) is 20.2 Å². The summed E-state index contributed by atoms with van der Waals surface area (Å²) >= 11 is 0. The fraction of sp³-hybridized carbons (Fsp3) is 0.632. The third-order valence-electron chi connectivity index (χ3n) is 5.34. The molecule has 1 aliphatic heterocycles. The molecule has 0 amide bonds. The second-order valence-corrected chi connectivity index (χ2v) is 6.86. The molecule has 0 unspecified atom stereocenters. The van der Waals surface area contributed by atoms with Crippen LogP contribution in [0.15, 0.2) is 24.5 Å². The Hall–Kier alpha value is -1.59. The molecule has 0 bridgehead atoms. The van der Waals surface area contributed by atoms with Crippen molar-refractivity contribution in [1.29, 1.82) is 0 Å². The van der Waals surface area contributed by atoms with E-state index in [1.165, 1.54) is 31.2 Å². The lowest BCUT2D eigenvalue weighted by Gasteiger charge is -2.33. The average Bonchev–Trinajstić information content (AvgIpc) is 3.10. The zero-order chi connectivity index (χ0) is 16.8. The van der Waals surface area contributed by atoms with E-state index >= 15 is 0 Å². The Labute approximate surface area is 145 Å². The van der Waals surface area contributed by atoms with Crippen LogP contribution in [0.25, 0.3) is 10.9 Å². The van der Waals surface area contributed by atoms with Crippen LogP contribution < -0.4 is 10.2 Å². The number of rotatable bonds is 8. The fourth-order valence-corrected chi connectivity index (χ4v) is 3.63. The monoisotopic (exact) mass is 329 g/mol. The van der Waals surface area contributed by atoms with Crippen molar-refractivity contribution in [3.63, 3.8) is 0 Å². The summed E-state index contributed by atoms with van der Waals surface area (Å²) in [5.41, 5.74) is 1.12. The Morgan fingerprint density at radius 1 is 1.33 bits per heavy atom. The van der Waals surface area contributed by atoms with Crippen molar-refractivity contribution in [2.45, 2.75) is 26.2 Å². The minimum absolute atomic E-state index is 0.862. The van der Waals surface area contributed by atoms with Crippen molar-refractivity contribution >= 4 is 16.7 Å². The molecule has 2 aromatic heterocycles. The number of pyridine rings is 1. The quantitative estimate of drug-likeness (QED) is 0.782. The van der Waals surface area contributed by atoms with Crippen LogP contribution in [0.2, 0.25) is 0 Å². The first kappa shape index (κ1) is 17.2. The standard InChI is InChI=1S/C19H31N5/c1-3-23(13-9-20-2)10-5-16-6-11-24(12-7-16)19-14-17-4-8-21-18(17)15-22-19/h4,8,14-16,20-21H,3,5-7,9-13H2,1-2H3. The molecule has 0 radical (unpaired) electrons. The smallest absolute Gasteiger partial charge is 0.129 e. The van der Waals surface area contributed by atoms with Crippen molar-refractivity contribution in [3.8, 4) is 0 Å². The second kappa shape index (κ2) is 8.49. The third-order valence-corrected chi connectivity index (χ3v) is 5.34. The molecule has 2 aromatic rings. The molecule has 0 spiro atoms. The molecule has 24 heavy (non-hydrogen) atoms. The average molecular weight is 329 g/mol. The minimum Gasteiger partial charge on any atom is -0.360 e. The van der Waals surface area contributed by atoms with Gasteiger partial charge in [-0.1, -0.05) is 6.92 Å². The van der Waals surface area contributed by atoms with Gasteiger partial charge in [0.15, 0.2) is 0 Å². The van der Waals surface area contributed by atoms with Crippen LogP contribution in [-0.2, 0) is 0 Å². The molecule has 3 rings (SSSR count). The Bertz CT molecular complexity index is 615. The lowest BCUT2D eigenvalue weighted by atomic mass is 9.93. The zero-order valence-electron chi connectivity index (χ0n) is 15.1. The van der Waals surface area contributed by atoms with Crippen molar-refractivity contribution < 1.29 is 0 Å². The maximum Gasteiger partial charge on any atom is 0.129 e. The number of piperidine rings is 1. The molecule has 1 fully saturated rings. The normalized spacial score (nSPS) is 16.4. The fourth-order valence-electron chi connectivity index (χ4n) is 3.63. The molecule has 0 aliphatic carbocycles. The molecule has 5 nitrogen and oxygen atoms in total. The lowest BCUT2D eigenvalue weighted by molar-refractivity contribution is 0.250. The van der Waals surface area contributed by atoms with Gasteiger partial charge in [0, 0.05) is 37.8 Å². The third kappa shape index (κ3) is 4.28. The van der Waals surface area contributed by atoms with E-state index in [1.807, 2.05) is 19.4 Å². The number of nitrogens with one attached hydrogen (secondary N) is 2. The van der Waals surface area contributed by atoms with E-state index in [9.17, 15) is 0 Å². The Morgan fingerprint density at radius 2 is 2.17 bits per heavy atom. The zero-order valence-corrected chi connectivity index (χ0v) is 15.1. The van der Waals surface area contributed by atoms with Gasteiger partial charge in [0.05, 0.1) is 11.7 Å². The van der Waals surface area contributed by atoms with Gasteiger partial charge in [-0.2, -0.15) is 0 Å². The highest BCUT2D eigenvalue weighted by molar-refractivity contribution is 5.81. The van der Waals surface area contributed by atoms with Crippen LogP contribution in [0, 0.1) is 5.92 Å². The predicted octanol–water partition coefficient (Wildman–Crippen LogP) is 2.71. The first-order valence-corrected chi connectivity index (χ1v) is 9.35. The molecule has 2 N–H and O–H groups in total. The Kier molecular flexibility index (Phi) is 6.10. The van der Waals surface area contributed by atoms with E-state index in [0.717, 1.165) is 50.0 Å². The topological polar surface area (TPSA) is 47.2 Å². The highest BCUT2D eigenvalue weighted by Crippen LogP contribution is 2.26. The minimum atomic E-state index is 0.862. The number of nitrogens with zero attached hydrogens (tertiary/aromatic N) is 3. The van der Waals surface area contributed by atoms with E-state index in [1.54, 1.807) is 0 Å². The maximum absolute atomic E-state index is 4.63. The summed E-state index contributed by atoms with van der Waals surface area (Å²) in [5, 5.41) is 4.50. The van der Waals surface area contributed by atoms with Gasteiger partial charge in [0.2, 0.25) is 0 Å². The summed E-state index contributed by atoms with van der Waals surface area (Å²) in [4.78, 5) is 12.8. The molecular weight excluding hydrogens is 298 g/mol. The van der Waals surface area contributed by atoms with E-state index in [2.05, 4.69) is 44.1 Å². The van der Waals surface area contributed by atoms with Crippen LogP contribution in [-0.4, -0.2) is 61.2 Å². The Balaban J connectivity index is 1.46. The van der Waals surface area contributed by atoms with E-state index in [4.69, 9.17) is 0 Å². The van der Waals surface area contributed by atoms with Crippen molar-refractivity contribution in [3.05, 3.63) is 24.5 Å². The maximum atomic E-state index is 4.63. The van der Waals surface area contributed by atoms with Gasteiger partial charge in [-0.15, -0.1) is 0 Å². The summed E-state index contributed by atoms with van der Waals surface area (Å²) < 4.78 is 0. The number of aromatic amines is 1. The number of aromatic nitrogens is 2. The first-order valence-electron chi connectivity index (χ1n) is 9.35. The van der Waals surface area contributed by atoms with Gasteiger partial charge in [-0.25, -0.2) is 4.98 Å². The van der Waals surface area contributed by atoms with Crippen LogP contribution in [0.5, 0.6) is 0 Å². The molecule has 1 aliphatic rings. The van der Waals surface area contributed by atoms with Gasteiger partial charge in [0.25, 0.3) is 0 Å². The lowest BCUT2D eigenvalue weighted by Crippen LogP contribution is -2.36. The van der Waals surface area contributed by atoms with Crippen LogP contribution >= 0.6 is 0 Å². The number of anilines is 1. The summed E-state index contributed by atoms with van der Waals surface area (Å²) in [6.45, 7) is 9.16. The number of hydrogen-bond acceptors (Lipinski definition) is 4. The summed E-state index contributed by atoms with van der Waals surface area (Å²) in [5.74, 6) is 1.99. The molecule has 132 valence electrons. The molecule has 5 heteroatoms. The number of fused-ring (bicyclic) bond motifs is 1. The summed E-state index contributed by atoms with van der Waals surface area (Å²) in [6.07, 6.45) is 7.84. The van der Waals surface area contributed by atoms with Gasteiger partial charge in [-0.05, 0) is 57.5 Å². The first-order chi connectivity index (χ1) is 11.8. The largest absolute Gasteiger partial charge is 0.360 e. The highest BCUT2D eigenvalue weighted by atomic mass is 15.2. The number of H-pyrrole nitrogens is 1. The van der Waals surface area contributed by atoms with Gasteiger partial charge in [-0.3, -0.25) is 0 Å². The van der Waals surface area contributed by atoms with Crippen molar-refractivity contribution in [2.75, 3.05) is 51.2 Å². The SMILES string of the molecule is CCN(CCNC)CCC1CCN(c2cc3cc[nH]c3cn2)CC1. The second-order valence-electron chi connectivity index (χ2n) is 6.86. The molecule has 0 atom stereocenters. The molecule has 1 saturated heterocycles. The van der Waals surface area contributed by atoms with Gasteiger partial charge >= 0.3 is 0 Å². The highest BCUT2D eigenvalue weighted by Gasteiger charge is 2.20. The molecular formula is C19H31N5. The van der Waals surface area contributed by atoms with Crippen LogP contribution in [0.4, 0.5) is 5.82 Å². The van der Waals surface area contributed by atoms with E-state index < -0.39 is 0 Å². The van der Waals surface area contributed by atoms with Gasteiger partial charge in [0.1, 0.15) is 5.82 Å². The summed E-state index contributed by atoms with van der Waals surface area (Å²) in [7, 11) is 2.03. The predicted molar refractivity (Wildman–Crippen MR) is 102 cm³/mol. The number of hydrogen-bond donors (Lipinski definition) is 2. The van der Waals surface area contributed by atoms with Crippen LogP contribution in [0.1, 0.15) is 26.2 Å². The molecule has 0 aromatic carbocycles.